The van der Waals surface area contributed by atoms with Gasteiger partial charge in [0.2, 0.25) is 0 Å². The van der Waals surface area contributed by atoms with E-state index in [2.05, 4.69) is 63.4 Å². The molecule has 13 heavy (non-hydrogen) atoms. The molecule has 1 atom stereocenters. The highest BCUT2D eigenvalue weighted by Gasteiger charge is 2.06. The lowest BCUT2D eigenvalue weighted by Crippen LogP contribution is -2.12. The van der Waals surface area contributed by atoms with Gasteiger partial charge in [0.25, 0.3) is 0 Å². The topological polar surface area (TPSA) is 46.2 Å². The van der Waals surface area contributed by atoms with Crippen LogP contribution in [0.1, 0.15) is 18.0 Å². The maximum atomic E-state index is 8.75. The summed E-state index contributed by atoms with van der Waals surface area (Å²) in [7, 11) is 0. The van der Waals surface area contributed by atoms with Crippen LogP contribution >= 0.6 is 45.2 Å². The summed E-state index contributed by atoms with van der Waals surface area (Å²) in [6, 6.07) is 6.16. The predicted molar refractivity (Wildman–Crippen MR) is 70.5 cm³/mol. The van der Waals surface area contributed by atoms with E-state index in [4.69, 9.17) is 10.8 Å². The van der Waals surface area contributed by atoms with Crippen molar-refractivity contribution >= 4 is 45.2 Å². The van der Waals surface area contributed by atoms with Gasteiger partial charge in [-0.3, -0.25) is 0 Å². The molecule has 0 spiro atoms. The second-order valence-electron chi connectivity index (χ2n) is 2.82. The van der Waals surface area contributed by atoms with Crippen molar-refractivity contribution in [3.8, 4) is 0 Å². The molecule has 0 radical (unpaired) electrons. The molecule has 0 bridgehead atoms. The van der Waals surface area contributed by atoms with Crippen LogP contribution in [0.2, 0.25) is 0 Å². The first kappa shape index (κ1) is 11.7. The molecule has 0 aliphatic heterocycles. The molecule has 0 unspecified atom stereocenters. The molecule has 1 aromatic rings. The highest BCUT2D eigenvalue weighted by Crippen LogP contribution is 2.20. The molecule has 0 saturated heterocycles. The lowest BCUT2D eigenvalue weighted by Gasteiger charge is -2.11. The number of aliphatic hydroxyl groups excluding tert-OH is 1. The first-order valence-corrected chi connectivity index (χ1v) is 6.11. The molecule has 0 amide bonds. The van der Waals surface area contributed by atoms with Crippen LogP contribution in [-0.2, 0) is 0 Å². The summed E-state index contributed by atoms with van der Waals surface area (Å²) in [5.41, 5.74) is 6.98. The number of halogens is 2. The van der Waals surface area contributed by atoms with Gasteiger partial charge in [-0.25, -0.2) is 0 Å². The summed E-state index contributed by atoms with van der Waals surface area (Å²) < 4.78 is 2.38. The highest BCUT2D eigenvalue weighted by molar-refractivity contribution is 14.1. The van der Waals surface area contributed by atoms with Crippen LogP contribution in [0, 0.1) is 7.14 Å². The highest BCUT2D eigenvalue weighted by atomic mass is 127. The zero-order chi connectivity index (χ0) is 9.84. The van der Waals surface area contributed by atoms with Gasteiger partial charge in [-0.15, -0.1) is 0 Å². The number of aliphatic hydroxyl groups is 1. The van der Waals surface area contributed by atoms with E-state index in [-0.39, 0.29) is 12.6 Å². The van der Waals surface area contributed by atoms with Gasteiger partial charge >= 0.3 is 0 Å². The van der Waals surface area contributed by atoms with Gasteiger partial charge in [0.1, 0.15) is 0 Å². The van der Waals surface area contributed by atoms with Crippen molar-refractivity contribution in [2.24, 2.45) is 5.73 Å². The Morgan fingerprint density at radius 2 is 1.77 bits per heavy atom. The average molecular weight is 403 g/mol. The van der Waals surface area contributed by atoms with Crippen molar-refractivity contribution in [3.63, 3.8) is 0 Å². The summed E-state index contributed by atoms with van der Waals surface area (Å²) in [5.74, 6) is 0. The van der Waals surface area contributed by atoms with Crippen LogP contribution in [0.25, 0.3) is 0 Å². The Balaban J connectivity index is 2.87. The summed E-state index contributed by atoms with van der Waals surface area (Å²) in [6.45, 7) is 0.142. The zero-order valence-electron chi connectivity index (χ0n) is 7.00. The minimum absolute atomic E-state index is 0.0479. The Bertz CT molecular complexity index is 271. The molecular formula is C9H11I2NO. The lowest BCUT2D eigenvalue weighted by atomic mass is 10.1. The van der Waals surface area contributed by atoms with E-state index in [1.807, 2.05) is 0 Å². The van der Waals surface area contributed by atoms with Crippen LogP contribution in [0.5, 0.6) is 0 Å². The van der Waals surface area contributed by atoms with E-state index >= 15 is 0 Å². The van der Waals surface area contributed by atoms with Crippen molar-refractivity contribution < 1.29 is 5.11 Å². The molecular weight excluding hydrogens is 392 g/mol. The smallest absolute Gasteiger partial charge is 0.0449 e. The lowest BCUT2D eigenvalue weighted by molar-refractivity contribution is 0.276. The molecule has 1 rings (SSSR count). The molecule has 0 saturated carbocycles. The molecule has 3 N–H and O–H groups in total. The van der Waals surface area contributed by atoms with Crippen molar-refractivity contribution in [2.75, 3.05) is 6.61 Å². The first-order valence-electron chi connectivity index (χ1n) is 3.96. The quantitative estimate of drug-likeness (QED) is 0.762. The molecule has 0 aliphatic rings. The molecule has 2 nitrogen and oxygen atoms in total. The van der Waals surface area contributed by atoms with E-state index < -0.39 is 0 Å². The van der Waals surface area contributed by atoms with Crippen molar-refractivity contribution in [1.29, 1.82) is 0 Å². The van der Waals surface area contributed by atoms with Gasteiger partial charge in [0.05, 0.1) is 0 Å². The van der Waals surface area contributed by atoms with E-state index in [1.165, 1.54) is 7.14 Å². The van der Waals surface area contributed by atoms with Crippen LogP contribution in [0.15, 0.2) is 18.2 Å². The molecule has 0 aliphatic carbocycles. The third-order valence-electron chi connectivity index (χ3n) is 1.75. The number of hydrogen-bond donors (Lipinski definition) is 2. The Labute approximate surface area is 105 Å². The molecule has 0 fully saturated rings. The Morgan fingerprint density at radius 3 is 2.23 bits per heavy atom. The molecule has 1 aromatic carbocycles. The Morgan fingerprint density at radius 1 is 1.23 bits per heavy atom. The monoisotopic (exact) mass is 403 g/mol. The fraction of sp³-hybridized carbons (Fsp3) is 0.333. The van der Waals surface area contributed by atoms with Gasteiger partial charge in [0.15, 0.2) is 0 Å². The SMILES string of the molecule is N[C@@H](CCO)c1cc(I)cc(I)c1. The van der Waals surface area contributed by atoms with E-state index in [1.54, 1.807) is 0 Å². The summed E-state index contributed by atoms with van der Waals surface area (Å²) >= 11 is 4.54. The number of hydrogen-bond acceptors (Lipinski definition) is 2. The third-order valence-corrected chi connectivity index (χ3v) is 3.00. The molecule has 0 heterocycles. The Kier molecular flexibility index (Phi) is 4.91. The van der Waals surface area contributed by atoms with E-state index in [9.17, 15) is 0 Å². The number of nitrogens with two attached hydrogens (primary N) is 1. The standard InChI is InChI=1S/C9H11I2NO/c10-7-3-6(4-8(11)5-7)9(12)1-2-13/h3-5,9,13H,1-2,12H2/t9-/m0/s1. The maximum absolute atomic E-state index is 8.75. The van der Waals surface area contributed by atoms with Gasteiger partial charge in [0, 0.05) is 19.8 Å². The average Bonchev–Trinajstić information content (AvgIpc) is 2.03. The molecule has 72 valence electrons. The molecule has 4 heteroatoms. The minimum Gasteiger partial charge on any atom is -0.396 e. The van der Waals surface area contributed by atoms with Crippen molar-refractivity contribution in [3.05, 3.63) is 30.9 Å². The van der Waals surface area contributed by atoms with Crippen LogP contribution in [0.4, 0.5) is 0 Å². The summed E-state index contributed by atoms with van der Waals surface area (Å²) in [4.78, 5) is 0. The van der Waals surface area contributed by atoms with Gasteiger partial charge in [-0.05, 0) is 75.4 Å². The van der Waals surface area contributed by atoms with Crippen LogP contribution < -0.4 is 5.73 Å². The Hall–Kier alpha value is 0.600. The number of benzene rings is 1. The molecule has 0 aromatic heterocycles. The van der Waals surface area contributed by atoms with Crippen molar-refractivity contribution in [2.45, 2.75) is 12.5 Å². The van der Waals surface area contributed by atoms with Crippen molar-refractivity contribution in [1.82, 2.24) is 0 Å². The third kappa shape index (κ3) is 3.69. The second-order valence-corrected chi connectivity index (χ2v) is 5.31. The van der Waals surface area contributed by atoms with Gasteiger partial charge in [-0.1, -0.05) is 0 Å². The maximum Gasteiger partial charge on any atom is 0.0449 e. The minimum atomic E-state index is -0.0479. The van der Waals surface area contributed by atoms with Crippen LogP contribution in [-0.4, -0.2) is 11.7 Å². The summed E-state index contributed by atoms with van der Waals surface area (Å²) in [6.07, 6.45) is 0.621. The second kappa shape index (κ2) is 5.47. The predicted octanol–water partition coefficient (Wildman–Crippen LogP) is 2.28. The normalized spacial score (nSPS) is 12.9. The van der Waals surface area contributed by atoms with Gasteiger partial charge < -0.3 is 10.8 Å². The zero-order valence-corrected chi connectivity index (χ0v) is 11.3. The van der Waals surface area contributed by atoms with Gasteiger partial charge in [-0.2, -0.15) is 0 Å². The number of rotatable bonds is 3. The summed E-state index contributed by atoms with van der Waals surface area (Å²) in [5, 5.41) is 8.75. The van der Waals surface area contributed by atoms with Crippen LogP contribution in [0.3, 0.4) is 0 Å². The van der Waals surface area contributed by atoms with E-state index in [0.29, 0.717) is 6.42 Å². The first-order chi connectivity index (χ1) is 6.13. The largest absolute Gasteiger partial charge is 0.396 e. The van der Waals surface area contributed by atoms with E-state index in [0.717, 1.165) is 5.56 Å². The fourth-order valence-corrected chi connectivity index (χ4v) is 3.08. The fourth-order valence-electron chi connectivity index (χ4n) is 1.09.